The molecular formula is C12H14N2OS. The van der Waals surface area contributed by atoms with Gasteiger partial charge in [0, 0.05) is 23.2 Å². The van der Waals surface area contributed by atoms with Crippen LogP contribution in [0.15, 0.2) is 23.6 Å². The van der Waals surface area contributed by atoms with Crippen LogP contribution in [0.2, 0.25) is 0 Å². The van der Waals surface area contributed by atoms with E-state index in [0.29, 0.717) is 12.1 Å². The van der Waals surface area contributed by atoms with E-state index in [9.17, 15) is 5.11 Å². The van der Waals surface area contributed by atoms with Gasteiger partial charge < -0.3 is 5.11 Å². The fraction of sp³-hybridized carbons (Fsp3) is 0.333. The molecule has 0 aliphatic heterocycles. The maximum absolute atomic E-state index is 10.0. The predicted octanol–water partition coefficient (Wildman–Crippen LogP) is 2.43. The molecule has 0 bridgehead atoms. The third kappa shape index (κ3) is 2.65. The molecule has 1 unspecified atom stereocenters. The number of hydrogen-bond donors (Lipinski definition) is 1. The molecule has 16 heavy (non-hydrogen) atoms. The summed E-state index contributed by atoms with van der Waals surface area (Å²) in [5.74, 6) is 0. The van der Waals surface area contributed by atoms with E-state index in [2.05, 4.69) is 9.97 Å². The molecule has 0 fully saturated rings. The molecule has 2 heterocycles. The van der Waals surface area contributed by atoms with Crippen LogP contribution >= 0.6 is 11.3 Å². The number of pyridine rings is 1. The van der Waals surface area contributed by atoms with Crippen molar-refractivity contribution >= 4 is 11.3 Å². The van der Waals surface area contributed by atoms with E-state index < -0.39 is 6.10 Å². The minimum Gasteiger partial charge on any atom is -0.386 e. The van der Waals surface area contributed by atoms with Gasteiger partial charge in [0.1, 0.15) is 6.10 Å². The SMILES string of the molecule is Cc1cccc(C(O)Cc2nc(C)cs2)n1. The average molecular weight is 234 g/mol. The Labute approximate surface area is 98.8 Å². The second-order valence-corrected chi connectivity index (χ2v) is 4.75. The molecule has 2 rings (SSSR count). The van der Waals surface area contributed by atoms with Crippen LogP contribution in [0.25, 0.3) is 0 Å². The van der Waals surface area contributed by atoms with E-state index >= 15 is 0 Å². The van der Waals surface area contributed by atoms with Gasteiger partial charge in [-0.1, -0.05) is 6.07 Å². The second kappa shape index (κ2) is 4.72. The second-order valence-electron chi connectivity index (χ2n) is 3.81. The number of hydrogen-bond acceptors (Lipinski definition) is 4. The number of aliphatic hydroxyl groups is 1. The van der Waals surface area contributed by atoms with Crippen LogP contribution in [0.3, 0.4) is 0 Å². The van der Waals surface area contributed by atoms with Crippen LogP contribution in [-0.2, 0) is 6.42 Å². The Morgan fingerprint density at radius 3 is 2.69 bits per heavy atom. The molecule has 4 heteroatoms. The first kappa shape index (κ1) is 11.2. The van der Waals surface area contributed by atoms with Crippen LogP contribution in [0.5, 0.6) is 0 Å². The molecule has 1 N–H and O–H groups in total. The highest BCUT2D eigenvalue weighted by Gasteiger charge is 2.12. The lowest BCUT2D eigenvalue weighted by atomic mass is 10.1. The summed E-state index contributed by atoms with van der Waals surface area (Å²) in [4.78, 5) is 8.63. The third-order valence-corrected chi connectivity index (χ3v) is 3.27. The molecule has 0 aliphatic rings. The Balaban J connectivity index is 2.11. The molecule has 2 aromatic rings. The summed E-state index contributed by atoms with van der Waals surface area (Å²) in [5.41, 5.74) is 2.64. The van der Waals surface area contributed by atoms with Crippen molar-refractivity contribution in [2.45, 2.75) is 26.4 Å². The largest absolute Gasteiger partial charge is 0.386 e. The van der Waals surface area contributed by atoms with E-state index in [0.717, 1.165) is 16.4 Å². The van der Waals surface area contributed by atoms with Crippen molar-refractivity contribution in [2.75, 3.05) is 0 Å². The van der Waals surface area contributed by atoms with Gasteiger partial charge in [0.2, 0.25) is 0 Å². The zero-order chi connectivity index (χ0) is 11.5. The van der Waals surface area contributed by atoms with Crippen LogP contribution in [-0.4, -0.2) is 15.1 Å². The topological polar surface area (TPSA) is 46.0 Å². The molecule has 0 spiro atoms. The molecule has 1 atom stereocenters. The molecular weight excluding hydrogens is 220 g/mol. The van der Waals surface area contributed by atoms with Crippen molar-refractivity contribution in [3.63, 3.8) is 0 Å². The molecule has 0 saturated carbocycles. The van der Waals surface area contributed by atoms with Gasteiger partial charge in [-0.15, -0.1) is 11.3 Å². The number of thiazole rings is 1. The monoisotopic (exact) mass is 234 g/mol. The molecule has 0 amide bonds. The van der Waals surface area contributed by atoms with Crippen molar-refractivity contribution in [1.82, 2.24) is 9.97 Å². The summed E-state index contributed by atoms with van der Waals surface area (Å²) in [7, 11) is 0. The first-order chi connectivity index (χ1) is 7.65. The Kier molecular flexibility index (Phi) is 3.31. The fourth-order valence-electron chi connectivity index (χ4n) is 1.52. The predicted molar refractivity (Wildman–Crippen MR) is 64.5 cm³/mol. The fourth-order valence-corrected chi connectivity index (χ4v) is 2.33. The number of aromatic nitrogens is 2. The number of nitrogens with zero attached hydrogens (tertiary/aromatic N) is 2. The summed E-state index contributed by atoms with van der Waals surface area (Å²) < 4.78 is 0. The smallest absolute Gasteiger partial charge is 0.102 e. The highest BCUT2D eigenvalue weighted by molar-refractivity contribution is 7.09. The quantitative estimate of drug-likeness (QED) is 0.887. The summed E-state index contributed by atoms with van der Waals surface area (Å²) >= 11 is 1.58. The zero-order valence-electron chi connectivity index (χ0n) is 9.34. The first-order valence-corrected chi connectivity index (χ1v) is 6.06. The highest BCUT2D eigenvalue weighted by atomic mass is 32.1. The molecule has 3 nitrogen and oxygen atoms in total. The average Bonchev–Trinajstić information content (AvgIpc) is 2.64. The van der Waals surface area contributed by atoms with E-state index in [4.69, 9.17) is 0 Å². The van der Waals surface area contributed by atoms with Crippen molar-refractivity contribution in [3.8, 4) is 0 Å². The van der Waals surface area contributed by atoms with Gasteiger partial charge in [-0.25, -0.2) is 4.98 Å². The third-order valence-electron chi connectivity index (χ3n) is 2.29. The molecule has 0 aromatic carbocycles. The van der Waals surface area contributed by atoms with Gasteiger partial charge in [-0.3, -0.25) is 4.98 Å². The molecule has 0 radical (unpaired) electrons. The van der Waals surface area contributed by atoms with Crippen molar-refractivity contribution < 1.29 is 5.11 Å². The molecule has 0 aliphatic carbocycles. The van der Waals surface area contributed by atoms with Crippen molar-refractivity contribution in [1.29, 1.82) is 0 Å². The lowest BCUT2D eigenvalue weighted by Crippen LogP contribution is -2.04. The summed E-state index contributed by atoms with van der Waals surface area (Å²) in [5, 5.41) is 13.0. The van der Waals surface area contributed by atoms with E-state index in [1.54, 1.807) is 11.3 Å². The Morgan fingerprint density at radius 2 is 2.06 bits per heavy atom. The van der Waals surface area contributed by atoms with E-state index in [1.165, 1.54) is 0 Å². The maximum Gasteiger partial charge on any atom is 0.102 e. The summed E-state index contributed by atoms with van der Waals surface area (Å²) in [6, 6.07) is 5.68. The van der Waals surface area contributed by atoms with Crippen LogP contribution in [0.1, 0.15) is 28.2 Å². The molecule has 0 saturated heterocycles. The normalized spacial score (nSPS) is 12.7. The highest BCUT2D eigenvalue weighted by Crippen LogP contribution is 2.19. The van der Waals surface area contributed by atoms with Crippen molar-refractivity contribution in [3.05, 3.63) is 45.7 Å². The number of aliphatic hydroxyl groups excluding tert-OH is 1. The molecule has 84 valence electrons. The van der Waals surface area contributed by atoms with Crippen LogP contribution in [0, 0.1) is 13.8 Å². The standard InChI is InChI=1S/C12H14N2OS/c1-8-4-3-5-10(13-8)11(15)6-12-14-9(2)7-16-12/h3-5,7,11,15H,6H2,1-2H3. The molecule has 2 aromatic heterocycles. The van der Waals surface area contributed by atoms with Gasteiger partial charge in [0.15, 0.2) is 0 Å². The van der Waals surface area contributed by atoms with E-state index in [-0.39, 0.29) is 0 Å². The number of aryl methyl sites for hydroxylation is 2. The Morgan fingerprint density at radius 1 is 1.25 bits per heavy atom. The van der Waals surface area contributed by atoms with Gasteiger partial charge in [0.25, 0.3) is 0 Å². The Hall–Kier alpha value is -1.26. The minimum atomic E-state index is -0.564. The van der Waals surface area contributed by atoms with E-state index in [1.807, 2.05) is 37.4 Å². The van der Waals surface area contributed by atoms with Gasteiger partial charge in [-0.05, 0) is 26.0 Å². The zero-order valence-corrected chi connectivity index (χ0v) is 10.2. The van der Waals surface area contributed by atoms with Gasteiger partial charge in [0.05, 0.1) is 10.7 Å². The number of rotatable bonds is 3. The minimum absolute atomic E-state index is 0.537. The summed E-state index contributed by atoms with van der Waals surface area (Å²) in [6.45, 7) is 3.88. The Bertz CT molecular complexity index is 481. The lowest BCUT2D eigenvalue weighted by molar-refractivity contribution is 0.173. The van der Waals surface area contributed by atoms with Crippen molar-refractivity contribution in [2.24, 2.45) is 0 Å². The van der Waals surface area contributed by atoms with Crippen LogP contribution < -0.4 is 0 Å². The van der Waals surface area contributed by atoms with Gasteiger partial charge in [-0.2, -0.15) is 0 Å². The maximum atomic E-state index is 10.0. The lowest BCUT2D eigenvalue weighted by Gasteiger charge is -2.08. The van der Waals surface area contributed by atoms with Crippen LogP contribution in [0.4, 0.5) is 0 Å². The summed E-state index contributed by atoms with van der Waals surface area (Å²) in [6.07, 6.45) is -0.0277. The van der Waals surface area contributed by atoms with Gasteiger partial charge >= 0.3 is 0 Å². The first-order valence-electron chi connectivity index (χ1n) is 5.18.